The Labute approximate surface area is 431 Å². The van der Waals surface area contributed by atoms with Gasteiger partial charge in [0.1, 0.15) is 84.8 Å². The molecule has 4 aliphatic heterocycles. The van der Waals surface area contributed by atoms with E-state index in [1.165, 1.54) is 6.92 Å². The summed E-state index contributed by atoms with van der Waals surface area (Å²) in [4.78, 5) is 13.2. The van der Waals surface area contributed by atoms with Crippen LogP contribution in [0.5, 0.6) is 0 Å². The van der Waals surface area contributed by atoms with Gasteiger partial charge >= 0.3 is 5.97 Å². The number of carboxylic acids is 1. The average molecular weight is 1060 g/mol. The minimum atomic E-state index is -1.74. The van der Waals surface area contributed by atoms with Crippen molar-refractivity contribution in [3.8, 4) is 0 Å². The Morgan fingerprint density at radius 3 is 1.78 bits per heavy atom. The summed E-state index contributed by atoms with van der Waals surface area (Å²) in [6.45, 7) is 14.9. The van der Waals surface area contributed by atoms with Crippen LogP contribution in [0.3, 0.4) is 0 Å². The number of carbonyl (C=O) groups is 1. The van der Waals surface area contributed by atoms with Crippen molar-refractivity contribution in [3.05, 3.63) is 11.6 Å². The third kappa shape index (κ3) is 8.79. The van der Waals surface area contributed by atoms with Crippen LogP contribution in [0.2, 0.25) is 0 Å². The lowest BCUT2D eigenvalue weighted by Gasteiger charge is -2.72. The maximum Gasteiger partial charge on any atom is 0.313 e. The maximum atomic E-state index is 13.2. The standard InChI is InChI=1S/C52H84O22/c1-21-30(54)33(57)37(61)42(69-21)67-19-25-31(55)35(59)43(71-25)68-20-26-32(56)36(60)45(72-26)74-39-24(18-53)70-44(38(62)34(39)58)73-29-12-13-49(6)27(48(29,4)5)11-14-50(7)28(49)10-9-22-23-17-47(2,3)15-16-52(23,46(65)66)41(64)40(63)51(22,50)8/h9,21,23-45,53-64H,10-20H2,1-8H3,(H,65,66). The molecule has 0 radical (unpaired) electrons. The molecule has 0 aromatic heterocycles. The second kappa shape index (κ2) is 20.2. The van der Waals surface area contributed by atoms with Gasteiger partial charge in [-0.2, -0.15) is 0 Å². The summed E-state index contributed by atoms with van der Waals surface area (Å²) < 4.78 is 46.6. The Morgan fingerprint density at radius 1 is 0.608 bits per heavy atom. The van der Waals surface area contributed by atoms with Gasteiger partial charge in [0.25, 0.3) is 0 Å². The van der Waals surface area contributed by atoms with Crippen LogP contribution in [0.25, 0.3) is 0 Å². The smallest absolute Gasteiger partial charge is 0.313 e. The van der Waals surface area contributed by atoms with E-state index in [0.717, 1.165) is 12.0 Å². The molecule has 5 aliphatic carbocycles. The van der Waals surface area contributed by atoms with Gasteiger partial charge in [-0.3, -0.25) is 4.79 Å². The topological polar surface area (TPSA) is 354 Å². The predicted molar refractivity (Wildman–Crippen MR) is 253 cm³/mol. The van der Waals surface area contributed by atoms with Crippen LogP contribution in [0.15, 0.2) is 11.6 Å². The third-order valence-electron chi connectivity index (χ3n) is 20.8. The van der Waals surface area contributed by atoms with Gasteiger partial charge in [-0.25, -0.2) is 0 Å². The van der Waals surface area contributed by atoms with Crippen molar-refractivity contribution in [1.29, 1.82) is 0 Å². The van der Waals surface area contributed by atoms with Crippen molar-refractivity contribution in [2.45, 2.75) is 236 Å². The minimum Gasteiger partial charge on any atom is -0.481 e. The van der Waals surface area contributed by atoms with E-state index in [9.17, 15) is 71.2 Å². The number of carboxylic acid groups (broad SMARTS) is 1. The summed E-state index contributed by atoms with van der Waals surface area (Å²) in [7, 11) is 0. The van der Waals surface area contributed by atoms with E-state index in [0.29, 0.717) is 38.5 Å². The molecule has 4 saturated carbocycles. The highest BCUT2D eigenvalue weighted by atomic mass is 16.8. The van der Waals surface area contributed by atoms with Gasteiger partial charge in [-0.05, 0) is 97.7 Å². The van der Waals surface area contributed by atoms with Gasteiger partial charge in [-0.1, -0.05) is 60.1 Å². The lowest BCUT2D eigenvalue weighted by Crippen LogP contribution is -2.72. The van der Waals surface area contributed by atoms with Gasteiger partial charge in [0.15, 0.2) is 25.2 Å². The number of aliphatic hydroxyl groups excluding tert-OH is 12. The normalized spacial score (nSPS) is 54.8. The number of ether oxygens (including phenoxy) is 8. The summed E-state index contributed by atoms with van der Waals surface area (Å²) >= 11 is 0. The van der Waals surface area contributed by atoms with E-state index in [-0.39, 0.29) is 29.1 Å². The van der Waals surface area contributed by atoms with Crippen LogP contribution in [0, 0.1) is 50.2 Å². The Kier molecular flexibility index (Phi) is 15.6. The molecule has 74 heavy (non-hydrogen) atoms. The van der Waals surface area contributed by atoms with Crippen LogP contribution in [-0.2, 0) is 42.7 Å². The first-order chi connectivity index (χ1) is 34.5. The maximum absolute atomic E-state index is 13.2. The Bertz CT molecular complexity index is 2060. The highest BCUT2D eigenvalue weighted by molar-refractivity contribution is 5.78. The molecule has 0 spiro atoms. The molecule has 22 nitrogen and oxygen atoms in total. The SMILES string of the molecule is CC1OC(OCC2OC(OCC3OC(OC4C(CO)OC(OC5CCC6(C)C(CCC7(C)C6CC=C6C8CC(C)(C)CCC8(C(=O)O)C(O)C(O)C67C)C5(C)C)C(O)C4O)C(O)C3O)C(O)C2O)C(O)C(O)C1O. The molecule has 0 aromatic rings. The molecule has 4 saturated heterocycles. The molecular formula is C52H84O22. The van der Waals surface area contributed by atoms with E-state index in [4.69, 9.17) is 37.9 Å². The quantitative estimate of drug-likeness (QED) is 0.0805. The number of hydrogen-bond acceptors (Lipinski definition) is 21. The van der Waals surface area contributed by atoms with E-state index in [1.807, 2.05) is 0 Å². The van der Waals surface area contributed by atoms with Crippen molar-refractivity contribution in [3.63, 3.8) is 0 Å². The summed E-state index contributed by atoms with van der Waals surface area (Å²) in [5.74, 6) is -1.36. The van der Waals surface area contributed by atoms with E-state index in [1.54, 1.807) is 0 Å². The molecular weight excluding hydrogens is 977 g/mol. The second-order valence-electron chi connectivity index (χ2n) is 25.5. The molecule has 28 unspecified atom stereocenters. The molecule has 13 N–H and O–H groups in total. The van der Waals surface area contributed by atoms with E-state index >= 15 is 0 Å². The Balaban J connectivity index is 0.820. The molecule has 9 rings (SSSR count). The molecule has 8 fully saturated rings. The van der Waals surface area contributed by atoms with Crippen LogP contribution in [0.4, 0.5) is 0 Å². The highest BCUT2D eigenvalue weighted by Gasteiger charge is 2.74. The van der Waals surface area contributed by atoms with E-state index < -0.39 is 182 Å². The van der Waals surface area contributed by atoms with Gasteiger partial charge in [0.2, 0.25) is 0 Å². The minimum absolute atomic E-state index is 0.0526. The van der Waals surface area contributed by atoms with Crippen molar-refractivity contribution < 1.29 is 109 Å². The Hall–Kier alpha value is -1.59. The molecule has 0 aromatic carbocycles. The first kappa shape index (κ1) is 57.1. The zero-order valence-corrected chi connectivity index (χ0v) is 43.7. The van der Waals surface area contributed by atoms with Gasteiger partial charge < -0.3 is 104 Å². The fourth-order valence-corrected chi connectivity index (χ4v) is 16.1. The third-order valence-corrected chi connectivity index (χ3v) is 20.8. The fourth-order valence-electron chi connectivity index (χ4n) is 16.1. The highest BCUT2D eigenvalue weighted by Crippen LogP contribution is 2.76. The average Bonchev–Trinajstić information content (AvgIpc) is 3.77. The van der Waals surface area contributed by atoms with Gasteiger partial charge in [0.05, 0.1) is 44.2 Å². The zero-order chi connectivity index (χ0) is 54.2. The fraction of sp³-hybridized carbons (Fsp3) is 0.942. The first-order valence-corrected chi connectivity index (χ1v) is 26.7. The molecule has 0 bridgehead atoms. The number of aliphatic hydroxyl groups is 12. The Morgan fingerprint density at radius 2 is 1.16 bits per heavy atom. The summed E-state index contributed by atoms with van der Waals surface area (Å²) in [5, 5.41) is 143. The number of aliphatic carboxylic acids is 1. The van der Waals surface area contributed by atoms with Crippen LogP contribution in [-0.4, -0.2) is 221 Å². The summed E-state index contributed by atoms with van der Waals surface area (Å²) in [6, 6.07) is 0. The summed E-state index contributed by atoms with van der Waals surface area (Å²) in [5.41, 5.74) is -2.86. The predicted octanol–water partition coefficient (Wildman–Crippen LogP) is -1.22. The van der Waals surface area contributed by atoms with Crippen molar-refractivity contribution in [1.82, 2.24) is 0 Å². The second-order valence-corrected chi connectivity index (χ2v) is 25.5. The lowest BCUT2D eigenvalue weighted by molar-refractivity contribution is -0.349. The number of fused-ring (bicyclic) bond motifs is 7. The van der Waals surface area contributed by atoms with Gasteiger partial charge in [0, 0.05) is 5.41 Å². The van der Waals surface area contributed by atoms with Crippen LogP contribution >= 0.6 is 0 Å². The van der Waals surface area contributed by atoms with Crippen molar-refractivity contribution >= 4 is 5.97 Å². The molecule has 22 heteroatoms. The van der Waals surface area contributed by atoms with Crippen molar-refractivity contribution in [2.24, 2.45) is 50.2 Å². The number of allylic oxidation sites excluding steroid dienone is 1. The molecule has 424 valence electrons. The molecule has 0 amide bonds. The lowest BCUT2D eigenvalue weighted by atomic mass is 9.32. The molecule has 4 heterocycles. The van der Waals surface area contributed by atoms with E-state index in [2.05, 4.69) is 54.5 Å². The zero-order valence-electron chi connectivity index (χ0n) is 43.7. The molecule has 9 aliphatic rings. The van der Waals surface area contributed by atoms with Crippen molar-refractivity contribution in [2.75, 3.05) is 19.8 Å². The van der Waals surface area contributed by atoms with Crippen LogP contribution in [0.1, 0.15) is 107 Å². The monoisotopic (exact) mass is 1060 g/mol. The first-order valence-electron chi connectivity index (χ1n) is 26.7. The molecule has 28 atom stereocenters. The van der Waals surface area contributed by atoms with Gasteiger partial charge in [-0.15, -0.1) is 0 Å². The largest absolute Gasteiger partial charge is 0.481 e. The van der Waals surface area contributed by atoms with Crippen LogP contribution < -0.4 is 0 Å². The summed E-state index contributed by atoms with van der Waals surface area (Å²) in [6.07, 6.45) is -22.8. The number of rotatable bonds is 12. The number of hydrogen-bond donors (Lipinski definition) is 13.